The molecule has 6 nitrogen and oxygen atoms in total. The zero-order valence-corrected chi connectivity index (χ0v) is 8.41. The number of ether oxygens (including phenoxy) is 1. The first kappa shape index (κ1) is 10.2. The van der Waals surface area contributed by atoms with Gasteiger partial charge in [-0.05, 0) is 12.1 Å². The quantitative estimate of drug-likeness (QED) is 0.585. The van der Waals surface area contributed by atoms with Gasteiger partial charge in [0.05, 0.1) is 17.6 Å². The fraction of sp³-hybridized carbons (Fsp3) is 0.100. The van der Waals surface area contributed by atoms with Gasteiger partial charge < -0.3 is 9.26 Å². The molecule has 0 radical (unpaired) electrons. The van der Waals surface area contributed by atoms with E-state index in [1.54, 1.807) is 24.3 Å². The minimum atomic E-state index is -0.543. The third kappa shape index (κ3) is 1.60. The van der Waals surface area contributed by atoms with Crippen molar-refractivity contribution in [2.24, 2.45) is 0 Å². The Morgan fingerprint density at radius 3 is 2.88 bits per heavy atom. The van der Waals surface area contributed by atoms with E-state index in [0.717, 1.165) is 6.26 Å². The van der Waals surface area contributed by atoms with Crippen LogP contribution >= 0.6 is 0 Å². The average molecular weight is 220 g/mol. The van der Waals surface area contributed by atoms with E-state index in [-0.39, 0.29) is 11.4 Å². The van der Waals surface area contributed by atoms with Crippen LogP contribution in [0.5, 0.6) is 5.75 Å². The normalized spacial score (nSPS) is 10.1. The number of benzene rings is 1. The van der Waals surface area contributed by atoms with E-state index < -0.39 is 4.92 Å². The highest BCUT2D eigenvalue weighted by atomic mass is 16.6. The highest BCUT2D eigenvalue weighted by Crippen LogP contribution is 2.34. The van der Waals surface area contributed by atoms with Crippen LogP contribution in [0.25, 0.3) is 11.3 Å². The van der Waals surface area contributed by atoms with Crippen LogP contribution in [0.3, 0.4) is 0 Å². The number of nitrogens with zero attached hydrogens (tertiary/aromatic N) is 2. The third-order valence-electron chi connectivity index (χ3n) is 2.11. The summed E-state index contributed by atoms with van der Waals surface area (Å²) in [6.45, 7) is 0. The molecule has 0 bridgehead atoms. The average Bonchev–Trinajstić information content (AvgIpc) is 2.77. The second kappa shape index (κ2) is 4.01. The van der Waals surface area contributed by atoms with Gasteiger partial charge in [0.25, 0.3) is 0 Å². The number of nitro groups is 1. The summed E-state index contributed by atoms with van der Waals surface area (Å²) in [6.07, 6.45) is 1.00. The fourth-order valence-electron chi connectivity index (χ4n) is 1.39. The fourth-order valence-corrected chi connectivity index (χ4v) is 1.39. The number of aromatic nitrogens is 1. The molecular formula is C10H8N2O4. The third-order valence-corrected chi connectivity index (χ3v) is 2.11. The second-order valence-electron chi connectivity index (χ2n) is 3.01. The summed E-state index contributed by atoms with van der Waals surface area (Å²) in [5, 5.41) is 14.3. The van der Waals surface area contributed by atoms with Gasteiger partial charge in [0.2, 0.25) is 6.26 Å². The lowest BCUT2D eigenvalue weighted by Gasteiger charge is -2.03. The lowest BCUT2D eigenvalue weighted by molar-refractivity contribution is -0.384. The molecule has 2 rings (SSSR count). The molecule has 0 fully saturated rings. The standard InChI is InChI=1S/C10H8N2O4/c1-15-9-5-3-2-4-7(9)10-8(12(13)14)6-16-11-10/h2-6H,1H3. The van der Waals surface area contributed by atoms with Crippen LogP contribution < -0.4 is 4.74 Å². The second-order valence-corrected chi connectivity index (χ2v) is 3.01. The molecule has 0 atom stereocenters. The van der Waals surface area contributed by atoms with Gasteiger partial charge in [0.1, 0.15) is 5.75 Å². The summed E-state index contributed by atoms with van der Waals surface area (Å²) in [5.74, 6) is 0.513. The minimum Gasteiger partial charge on any atom is -0.496 e. The van der Waals surface area contributed by atoms with Crippen molar-refractivity contribution in [3.63, 3.8) is 0 Å². The van der Waals surface area contributed by atoms with Gasteiger partial charge in [0.15, 0.2) is 5.69 Å². The largest absolute Gasteiger partial charge is 0.496 e. The first-order valence-electron chi connectivity index (χ1n) is 4.46. The molecule has 0 aliphatic heterocycles. The Balaban J connectivity index is 2.58. The lowest BCUT2D eigenvalue weighted by Crippen LogP contribution is -1.92. The predicted octanol–water partition coefficient (Wildman–Crippen LogP) is 2.26. The Bertz CT molecular complexity index is 521. The zero-order valence-electron chi connectivity index (χ0n) is 8.41. The number of hydrogen-bond donors (Lipinski definition) is 0. The predicted molar refractivity (Wildman–Crippen MR) is 55.1 cm³/mol. The summed E-state index contributed by atoms with van der Waals surface area (Å²) < 4.78 is 9.71. The monoisotopic (exact) mass is 220 g/mol. The zero-order chi connectivity index (χ0) is 11.5. The Morgan fingerprint density at radius 2 is 2.19 bits per heavy atom. The van der Waals surface area contributed by atoms with E-state index in [1.165, 1.54) is 7.11 Å². The number of hydrogen-bond acceptors (Lipinski definition) is 5. The van der Waals surface area contributed by atoms with Crippen LogP contribution in [-0.2, 0) is 0 Å². The van der Waals surface area contributed by atoms with Crippen molar-refractivity contribution in [2.45, 2.75) is 0 Å². The Kier molecular flexibility index (Phi) is 2.55. The number of methoxy groups -OCH3 is 1. The van der Waals surface area contributed by atoms with E-state index in [0.29, 0.717) is 11.3 Å². The van der Waals surface area contributed by atoms with Gasteiger partial charge in [-0.15, -0.1) is 0 Å². The molecule has 16 heavy (non-hydrogen) atoms. The van der Waals surface area contributed by atoms with Gasteiger partial charge in [-0.25, -0.2) is 0 Å². The van der Waals surface area contributed by atoms with E-state index in [2.05, 4.69) is 9.68 Å². The Morgan fingerprint density at radius 1 is 1.44 bits per heavy atom. The van der Waals surface area contributed by atoms with E-state index >= 15 is 0 Å². The van der Waals surface area contributed by atoms with Crippen molar-refractivity contribution in [1.82, 2.24) is 5.16 Å². The summed E-state index contributed by atoms with van der Waals surface area (Å²) >= 11 is 0. The van der Waals surface area contributed by atoms with Crippen LogP contribution in [0.15, 0.2) is 35.1 Å². The van der Waals surface area contributed by atoms with Crippen LogP contribution in [0.2, 0.25) is 0 Å². The molecule has 0 saturated heterocycles. The van der Waals surface area contributed by atoms with Crippen LogP contribution in [0.4, 0.5) is 5.69 Å². The molecule has 0 spiro atoms. The first-order valence-corrected chi connectivity index (χ1v) is 4.46. The van der Waals surface area contributed by atoms with Crippen molar-refractivity contribution in [3.8, 4) is 17.0 Å². The molecular weight excluding hydrogens is 212 g/mol. The summed E-state index contributed by atoms with van der Waals surface area (Å²) in [7, 11) is 1.49. The molecule has 0 saturated carbocycles. The maximum atomic E-state index is 10.7. The van der Waals surface area contributed by atoms with E-state index in [9.17, 15) is 10.1 Å². The smallest absolute Gasteiger partial charge is 0.336 e. The summed E-state index contributed by atoms with van der Waals surface area (Å²) in [6, 6.07) is 6.90. The van der Waals surface area contributed by atoms with E-state index in [1.807, 2.05) is 0 Å². The molecule has 2 aromatic rings. The highest BCUT2D eigenvalue weighted by Gasteiger charge is 2.22. The summed E-state index contributed by atoms with van der Waals surface area (Å²) in [5.41, 5.74) is 0.525. The summed E-state index contributed by atoms with van der Waals surface area (Å²) in [4.78, 5) is 10.2. The maximum Gasteiger partial charge on any atom is 0.336 e. The van der Waals surface area contributed by atoms with Crippen LogP contribution in [0, 0.1) is 10.1 Å². The molecule has 1 aromatic carbocycles. The molecule has 0 aliphatic carbocycles. The molecule has 0 aliphatic rings. The molecule has 1 aromatic heterocycles. The van der Waals surface area contributed by atoms with Crippen molar-refractivity contribution < 1.29 is 14.2 Å². The molecule has 0 N–H and O–H groups in total. The Labute approximate surface area is 90.6 Å². The molecule has 0 amide bonds. The van der Waals surface area contributed by atoms with Crippen molar-refractivity contribution in [1.29, 1.82) is 0 Å². The van der Waals surface area contributed by atoms with Crippen LogP contribution in [0.1, 0.15) is 0 Å². The van der Waals surface area contributed by atoms with Crippen LogP contribution in [-0.4, -0.2) is 17.2 Å². The SMILES string of the molecule is COc1ccccc1-c1nocc1[N+](=O)[O-]. The number of para-hydroxylation sites is 1. The maximum absolute atomic E-state index is 10.7. The topological polar surface area (TPSA) is 78.4 Å². The lowest BCUT2D eigenvalue weighted by atomic mass is 10.1. The molecule has 82 valence electrons. The van der Waals surface area contributed by atoms with Gasteiger partial charge in [-0.2, -0.15) is 0 Å². The molecule has 6 heteroatoms. The van der Waals surface area contributed by atoms with Crippen molar-refractivity contribution in [2.75, 3.05) is 7.11 Å². The minimum absolute atomic E-state index is 0.169. The molecule has 1 heterocycles. The van der Waals surface area contributed by atoms with Gasteiger partial charge in [-0.3, -0.25) is 10.1 Å². The van der Waals surface area contributed by atoms with Gasteiger partial charge >= 0.3 is 5.69 Å². The first-order chi connectivity index (χ1) is 7.74. The molecule has 0 unspecified atom stereocenters. The van der Waals surface area contributed by atoms with Gasteiger partial charge in [0, 0.05) is 0 Å². The van der Waals surface area contributed by atoms with Crippen molar-refractivity contribution in [3.05, 3.63) is 40.6 Å². The van der Waals surface area contributed by atoms with E-state index in [4.69, 9.17) is 4.74 Å². The van der Waals surface area contributed by atoms with Crippen molar-refractivity contribution >= 4 is 5.69 Å². The number of rotatable bonds is 3. The Hall–Kier alpha value is -2.37. The van der Waals surface area contributed by atoms with Gasteiger partial charge in [-0.1, -0.05) is 17.3 Å². The highest BCUT2D eigenvalue weighted by molar-refractivity contribution is 5.73.